The Balaban J connectivity index is 1.60. The number of benzene rings is 1. The molecular formula is C17H19Cl2N3OS. The van der Waals surface area contributed by atoms with Gasteiger partial charge in [0.25, 0.3) is 0 Å². The quantitative estimate of drug-likeness (QED) is 0.825. The molecule has 0 bridgehead atoms. The van der Waals surface area contributed by atoms with Crippen molar-refractivity contribution in [3.8, 4) is 11.3 Å². The van der Waals surface area contributed by atoms with Gasteiger partial charge >= 0.3 is 0 Å². The molecule has 1 aliphatic heterocycles. The molecule has 1 aliphatic rings. The van der Waals surface area contributed by atoms with E-state index < -0.39 is 0 Å². The largest absolute Gasteiger partial charge is 0.301 e. The second kappa shape index (κ2) is 7.83. The fraction of sp³-hybridized carbons (Fsp3) is 0.412. The molecule has 7 heteroatoms. The highest BCUT2D eigenvalue weighted by Crippen LogP contribution is 2.32. The molecule has 128 valence electrons. The van der Waals surface area contributed by atoms with Crippen LogP contribution in [0.2, 0.25) is 10.0 Å². The third-order valence-corrected chi connectivity index (χ3v) is 5.51. The first-order valence-corrected chi connectivity index (χ1v) is 9.58. The van der Waals surface area contributed by atoms with Gasteiger partial charge < -0.3 is 5.32 Å². The Bertz CT molecular complexity index is 726. The molecule has 0 aliphatic carbocycles. The number of piperidine rings is 1. The van der Waals surface area contributed by atoms with Crippen LogP contribution >= 0.6 is 34.5 Å². The zero-order chi connectivity index (χ0) is 17.1. The highest BCUT2D eigenvalue weighted by Gasteiger charge is 2.18. The highest BCUT2D eigenvalue weighted by molar-refractivity contribution is 7.14. The number of hydrogen-bond acceptors (Lipinski definition) is 4. The van der Waals surface area contributed by atoms with Crippen LogP contribution in [0.4, 0.5) is 5.13 Å². The Morgan fingerprint density at radius 1 is 1.38 bits per heavy atom. The highest BCUT2D eigenvalue weighted by atomic mass is 35.5. The average Bonchev–Trinajstić information content (AvgIpc) is 2.97. The number of hydrogen-bond donors (Lipinski definition) is 1. The number of likely N-dealkylation sites (tertiary alicyclic amines) is 1. The topological polar surface area (TPSA) is 45.2 Å². The maximum absolute atomic E-state index is 12.2. The van der Waals surface area contributed by atoms with Crippen molar-refractivity contribution in [2.75, 3.05) is 25.0 Å². The molecule has 0 radical (unpaired) electrons. The van der Waals surface area contributed by atoms with Gasteiger partial charge in [-0.2, -0.15) is 0 Å². The van der Waals surface area contributed by atoms with Gasteiger partial charge in [0, 0.05) is 16.0 Å². The third kappa shape index (κ3) is 4.48. The lowest BCUT2D eigenvalue weighted by Crippen LogP contribution is -2.38. The van der Waals surface area contributed by atoms with E-state index in [-0.39, 0.29) is 5.91 Å². The van der Waals surface area contributed by atoms with E-state index in [1.807, 2.05) is 11.4 Å². The molecule has 0 atom stereocenters. The summed E-state index contributed by atoms with van der Waals surface area (Å²) >= 11 is 13.5. The Hall–Kier alpha value is -1.14. The summed E-state index contributed by atoms with van der Waals surface area (Å²) < 4.78 is 0. The number of nitrogens with one attached hydrogen (secondary N) is 1. The molecule has 0 spiro atoms. The van der Waals surface area contributed by atoms with Crippen LogP contribution in [-0.4, -0.2) is 35.4 Å². The van der Waals surface area contributed by atoms with Gasteiger partial charge in [-0.25, -0.2) is 4.98 Å². The molecule has 24 heavy (non-hydrogen) atoms. The van der Waals surface area contributed by atoms with Crippen LogP contribution < -0.4 is 5.32 Å². The summed E-state index contributed by atoms with van der Waals surface area (Å²) in [4.78, 5) is 18.8. The van der Waals surface area contributed by atoms with E-state index in [2.05, 4.69) is 22.1 Å². The van der Waals surface area contributed by atoms with Crippen LogP contribution in [0.25, 0.3) is 11.3 Å². The number of amides is 1. The Labute approximate surface area is 155 Å². The average molecular weight is 384 g/mol. The van der Waals surface area contributed by atoms with Crippen molar-refractivity contribution in [1.29, 1.82) is 0 Å². The standard InChI is InChI=1S/C17H19Cl2N3OS/c1-11-4-6-22(7-5-11)9-16(23)21-17-20-15(10-24-17)13-3-2-12(18)8-14(13)19/h2-3,8,10-11H,4-7,9H2,1H3,(H,20,21,23). The van der Waals surface area contributed by atoms with Crippen molar-refractivity contribution in [3.63, 3.8) is 0 Å². The third-order valence-electron chi connectivity index (χ3n) is 4.20. The number of carbonyl (C=O) groups excluding carboxylic acids is 1. The molecule has 0 saturated carbocycles. The zero-order valence-corrected chi connectivity index (χ0v) is 15.7. The fourth-order valence-electron chi connectivity index (χ4n) is 2.73. The number of rotatable bonds is 4. The summed E-state index contributed by atoms with van der Waals surface area (Å²) in [5, 5.41) is 6.49. The van der Waals surface area contributed by atoms with E-state index in [0.717, 1.165) is 43.1 Å². The summed E-state index contributed by atoms with van der Waals surface area (Å²) in [5.74, 6) is 0.739. The van der Waals surface area contributed by atoms with Crippen molar-refractivity contribution in [2.24, 2.45) is 5.92 Å². The first-order valence-electron chi connectivity index (χ1n) is 7.94. The number of thiazole rings is 1. The minimum absolute atomic E-state index is 0.0207. The SMILES string of the molecule is CC1CCN(CC(=O)Nc2nc(-c3ccc(Cl)cc3Cl)cs2)CC1. The number of carbonyl (C=O) groups is 1. The van der Waals surface area contributed by atoms with Gasteiger partial charge in [-0.3, -0.25) is 9.69 Å². The first-order chi connectivity index (χ1) is 11.5. The fourth-order valence-corrected chi connectivity index (χ4v) is 3.97. The zero-order valence-electron chi connectivity index (χ0n) is 13.4. The van der Waals surface area contributed by atoms with Crippen molar-refractivity contribution >= 4 is 45.6 Å². The normalized spacial score (nSPS) is 16.3. The second-order valence-corrected chi connectivity index (χ2v) is 7.87. The Morgan fingerprint density at radius 2 is 2.12 bits per heavy atom. The summed E-state index contributed by atoms with van der Waals surface area (Å²) in [6.07, 6.45) is 2.31. The molecule has 1 amide bonds. The first kappa shape index (κ1) is 17.7. The van der Waals surface area contributed by atoms with Gasteiger partial charge in [-0.05, 0) is 50.0 Å². The molecule has 1 aromatic heterocycles. The van der Waals surface area contributed by atoms with Gasteiger partial charge in [-0.1, -0.05) is 30.1 Å². The summed E-state index contributed by atoms with van der Waals surface area (Å²) in [6, 6.07) is 5.30. The van der Waals surface area contributed by atoms with Crippen LogP contribution in [0.15, 0.2) is 23.6 Å². The lowest BCUT2D eigenvalue weighted by molar-refractivity contribution is -0.117. The van der Waals surface area contributed by atoms with Crippen molar-refractivity contribution in [3.05, 3.63) is 33.6 Å². The van der Waals surface area contributed by atoms with Crippen LogP contribution in [0.1, 0.15) is 19.8 Å². The van der Waals surface area contributed by atoms with E-state index in [1.54, 1.807) is 12.1 Å². The number of aromatic nitrogens is 1. The molecule has 1 N–H and O–H groups in total. The molecular weight excluding hydrogens is 365 g/mol. The van der Waals surface area contributed by atoms with E-state index in [1.165, 1.54) is 11.3 Å². The van der Waals surface area contributed by atoms with Gasteiger partial charge in [0.1, 0.15) is 0 Å². The van der Waals surface area contributed by atoms with E-state index in [9.17, 15) is 4.79 Å². The maximum atomic E-state index is 12.2. The van der Waals surface area contributed by atoms with Crippen molar-refractivity contribution < 1.29 is 4.79 Å². The van der Waals surface area contributed by atoms with Gasteiger partial charge in [0.15, 0.2) is 5.13 Å². The minimum atomic E-state index is -0.0207. The Kier molecular flexibility index (Phi) is 5.76. The maximum Gasteiger partial charge on any atom is 0.240 e. The molecule has 4 nitrogen and oxygen atoms in total. The lowest BCUT2D eigenvalue weighted by atomic mass is 9.99. The lowest BCUT2D eigenvalue weighted by Gasteiger charge is -2.29. The van der Waals surface area contributed by atoms with E-state index >= 15 is 0 Å². The van der Waals surface area contributed by atoms with Crippen molar-refractivity contribution in [2.45, 2.75) is 19.8 Å². The monoisotopic (exact) mass is 383 g/mol. The molecule has 0 unspecified atom stereocenters. The molecule has 3 rings (SSSR count). The smallest absolute Gasteiger partial charge is 0.240 e. The van der Waals surface area contributed by atoms with Gasteiger partial charge in [-0.15, -0.1) is 11.3 Å². The number of anilines is 1. The number of nitrogens with zero attached hydrogens (tertiary/aromatic N) is 2. The summed E-state index contributed by atoms with van der Waals surface area (Å²) in [5.41, 5.74) is 1.55. The second-order valence-electron chi connectivity index (χ2n) is 6.17. The van der Waals surface area contributed by atoms with Gasteiger partial charge in [0.2, 0.25) is 5.91 Å². The van der Waals surface area contributed by atoms with E-state index in [0.29, 0.717) is 21.7 Å². The Morgan fingerprint density at radius 3 is 2.83 bits per heavy atom. The predicted molar refractivity (Wildman–Crippen MR) is 101 cm³/mol. The predicted octanol–water partition coefficient (Wildman–Crippen LogP) is 4.79. The molecule has 1 aromatic carbocycles. The minimum Gasteiger partial charge on any atom is -0.301 e. The van der Waals surface area contributed by atoms with Crippen molar-refractivity contribution in [1.82, 2.24) is 9.88 Å². The van der Waals surface area contributed by atoms with Crippen LogP contribution in [-0.2, 0) is 4.79 Å². The summed E-state index contributed by atoms with van der Waals surface area (Å²) in [6.45, 7) is 4.65. The van der Waals surface area contributed by atoms with Crippen LogP contribution in [0, 0.1) is 5.92 Å². The van der Waals surface area contributed by atoms with Crippen LogP contribution in [0.5, 0.6) is 0 Å². The van der Waals surface area contributed by atoms with E-state index in [4.69, 9.17) is 23.2 Å². The summed E-state index contributed by atoms with van der Waals surface area (Å²) in [7, 11) is 0. The molecule has 2 aromatic rings. The number of halogens is 2. The molecule has 1 fully saturated rings. The van der Waals surface area contributed by atoms with Gasteiger partial charge in [0.05, 0.1) is 17.3 Å². The molecule has 1 saturated heterocycles. The van der Waals surface area contributed by atoms with Crippen LogP contribution in [0.3, 0.4) is 0 Å². The molecule has 2 heterocycles.